The van der Waals surface area contributed by atoms with Crippen LogP contribution in [0.5, 0.6) is 0 Å². The summed E-state index contributed by atoms with van der Waals surface area (Å²) >= 11 is 0. The van der Waals surface area contributed by atoms with Crippen LogP contribution in [-0.4, -0.2) is 30.1 Å². The molecule has 1 amide bonds. The number of hydrogen-bond acceptors (Lipinski definition) is 3. The summed E-state index contributed by atoms with van der Waals surface area (Å²) in [6.07, 6.45) is 5.35. The maximum atomic E-state index is 10.9. The zero-order chi connectivity index (χ0) is 12.0. The molecule has 0 atom stereocenters. The van der Waals surface area contributed by atoms with E-state index in [-0.39, 0.29) is 18.4 Å². The Morgan fingerprint density at radius 1 is 1.25 bits per heavy atom. The predicted molar refractivity (Wildman–Crippen MR) is 59.8 cm³/mol. The first-order chi connectivity index (χ1) is 7.54. The number of primary amides is 1. The molecule has 1 saturated carbocycles. The maximum Gasteiger partial charge on any atom is 0.303 e. The van der Waals surface area contributed by atoms with E-state index in [0.29, 0.717) is 6.54 Å². The van der Waals surface area contributed by atoms with Crippen molar-refractivity contribution >= 4 is 11.9 Å². The fraction of sp³-hybridized carbons (Fsp3) is 0.818. The van der Waals surface area contributed by atoms with E-state index in [0.717, 1.165) is 25.7 Å². The fourth-order valence-electron chi connectivity index (χ4n) is 2.49. The largest absolute Gasteiger partial charge is 0.481 e. The van der Waals surface area contributed by atoms with Gasteiger partial charge >= 0.3 is 5.97 Å². The summed E-state index contributed by atoms with van der Waals surface area (Å²) in [4.78, 5) is 21.5. The smallest absolute Gasteiger partial charge is 0.303 e. The topological polar surface area (TPSA) is 92.4 Å². The first kappa shape index (κ1) is 13.0. The van der Waals surface area contributed by atoms with Crippen LogP contribution in [0.25, 0.3) is 0 Å². The van der Waals surface area contributed by atoms with Crippen LogP contribution in [0.3, 0.4) is 0 Å². The van der Waals surface area contributed by atoms with Crippen LogP contribution >= 0.6 is 0 Å². The molecule has 0 aromatic carbocycles. The molecule has 5 nitrogen and oxygen atoms in total. The lowest BCUT2D eigenvalue weighted by molar-refractivity contribution is -0.140. The Balaban J connectivity index is 2.48. The minimum Gasteiger partial charge on any atom is -0.481 e. The van der Waals surface area contributed by atoms with Crippen molar-refractivity contribution in [1.82, 2.24) is 5.32 Å². The van der Waals surface area contributed by atoms with Gasteiger partial charge in [0.2, 0.25) is 5.91 Å². The van der Waals surface area contributed by atoms with Crippen LogP contribution < -0.4 is 11.1 Å². The lowest BCUT2D eigenvalue weighted by atomic mass is 9.72. The first-order valence-corrected chi connectivity index (χ1v) is 5.75. The monoisotopic (exact) mass is 228 g/mol. The molecule has 4 N–H and O–H groups in total. The molecular formula is C11H20N2O3. The van der Waals surface area contributed by atoms with E-state index in [4.69, 9.17) is 10.8 Å². The van der Waals surface area contributed by atoms with E-state index in [2.05, 4.69) is 5.32 Å². The highest BCUT2D eigenvalue weighted by molar-refractivity contribution is 5.75. The Hall–Kier alpha value is -1.10. The average molecular weight is 228 g/mol. The maximum absolute atomic E-state index is 10.9. The zero-order valence-electron chi connectivity index (χ0n) is 9.50. The van der Waals surface area contributed by atoms with Gasteiger partial charge in [-0.2, -0.15) is 0 Å². The molecule has 1 fully saturated rings. The molecule has 0 radical (unpaired) electrons. The second-order valence-electron chi connectivity index (χ2n) is 4.70. The molecule has 1 aliphatic carbocycles. The Labute approximate surface area is 95.4 Å². The summed E-state index contributed by atoms with van der Waals surface area (Å²) in [5.41, 5.74) is 4.85. The third-order valence-corrected chi connectivity index (χ3v) is 3.24. The summed E-state index contributed by atoms with van der Waals surface area (Å²) in [6, 6.07) is 0. The van der Waals surface area contributed by atoms with Crippen molar-refractivity contribution in [2.24, 2.45) is 11.1 Å². The van der Waals surface area contributed by atoms with Crippen LogP contribution in [0.1, 0.15) is 38.5 Å². The summed E-state index contributed by atoms with van der Waals surface area (Å²) in [5, 5.41) is 11.9. The number of nitrogens with one attached hydrogen (secondary N) is 1. The summed E-state index contributed by atoms with van der Waals surface area (Å²) < 4.78 is 0. The zero-order valence-corrected chi connectivity index (χ0v) is 9.50. The molecule has 5 heteroatoms. The fourth-order valence-corrected chi connectivity index (χ4v) is 2.49. The van der Waals surface area contributed by atoms with E-state index < -0.39 is 11.9 Å². The predicted octanol–water partition coefficient (Wildman–Crippen LogP) is 0.486. The molecule has 0 aromatic rings. The number of carboxylic acid groups (broad SMARTS) is 1. The summed E-state index contributed by atoms with van der Waals surface area (Å²) in [6.45, 7) is 0.698. The third kappa shape index (κ3) is 4.18. The van der Waals surface area contributed by atoms with Crippen LogP contribution in [0.4, 0.5) is 0 Å². The van der Waals surface area contributed by atoms with E-state index in [1.54, 1.807) is 0 Å². The van der Waals surface area contributed by atoms with Gasteiger partial charge in [-0.05, 0) is 18.3 Å². The minimum atomic E-state index is -0.761. The van der Waals surface area contributed by atoms with Gasteiger partial charge in [0.25, 0.3) is 0 Å². The molecule has 16 heavy (non-hydrogen) atoms. The molecule has 0 bridgehead atoms. The van der Waals surface area contributed by atoms with Gasteiger partial charge in [-0.3, -0.25) is 9.59 Å². The molecule has 0 aromatic heterocycles. The van der Waals surface area contributed by atoms with E-state index in [1.165, 1.54) is 6.42 Å². The number of carbonyl (C=O) groups is 2. The first-order valence-electron chi connectivity index (χ1n) is 5.75. The normalized spacial score (nSPS) is 19.2. The summed E-state index contributed by atoms with van der Waals surface area (Å²) in [5.74, 6) is -1.16. The van der Waals surface area contributed by atoms with Gasteiger partial charge in [0.15, 0.2) is 0 Å². The number of aliphatic carboxylic acids is 1. The van der Waals surface area contributed by atoms with Crippen molar-refractivity contribution in [1.29, 1.82) is 0 Å². The van der Waals surface area contributed by atoms with Crippen molar-refractivity contribution in [3.05, 3.63) is 0 Å². The number of amides is 1. The van der Waals surface area contributed by atoms with Crippen LogP contribution in [0, 0.1) is 5.41 Å². The van der Waals surface area contributed by atoms with Gasteiger partial charge in [0, 0.05) is 6.54 Å². The molecule has 1 rings (SSSR count). The lowest BCUT2D eigenvalue weighted by Gasteiger charge is -2.36. The summed E-state index contributed by atoms with van der Waals surface area (Å²) in [7, 11) is 0. The van der Waals surface area contributed by atoms with Crippen molar-refractivity contribution in [3.63, 3.8) is 0 Å². The van der Waals surface area contributed by atoms with Gasteiger partial charge in [0.1, 0.15) is 0 Å². The molecule has 92 valence electrons. The molecule has 0 spiro atoms. The lowest BCUT2D eigenvalue weighted by Crippen LogP contribution is -2.41. The average Bonchev–Trinajstić information content (AvgIpc) is 2.17. The Morgan fingerprint density at radius 2 is 1.88 bits per heavy atom. The van der Waals surface area contributed by atoms with Gasteiger partial charge in [-0.15, -0.1) is 0 Å². The Morgan fingerprint density at radius 3 is 2.38 bits per heavy atom. The number of carbonyl (C=O) groups excluding carboxylic acids is 1. The molecular weight excluding hydrogens is 208 g/mol. The molecule has 1 aliphatic rings. The number of carboxylic acids is 1. The number of nitrogens with two attached hydrogens (primary N) is 1. The highest BCUT2D eigenvalue weighted by Gasteiger charge is 2.33. The Bertz CT molecular complexity index is 260. The second-order valence-corrected chi connectivity index (χ2v) is 4.70. The molecule has 0 saturated heterocycles. The number of hydrogen-bond donors (Lipinski definition) is 3. The SMILES string of the molecule is NC(=O)CNCC1(CC(=O)O)CCCCC1. The third-order valence-electron chi connectivity index (χ3n) is 3.24. The standard InChI is InChI=1S/C11H20N2O3/c12-9(14)7-13-8-11(6-10(15)16)4-2-1-3-5-11/h13H,1-8H2,(H2,12,14)(H,15,16). The van der Waals surface area contributed by atoms with Crippen LogP contribution in [-0.2, 0) is 9.59 Å². The Kier molecular flexibility index (Phi) is 4.73. The quantitative estimate of drug-likeness (QED) is 0.616. The van der Waals surface area contributed by atoms with Crippen molar-refractivity contribution in [3.8, 4) is 0 Å². The molecule has 0 heterocycles. The second kappa shape index (κ2) is 5.84. The number of rotatable bonds is 6. The highest BCUT2D eigenvalue weighted by Crippen LogP contribution is 2.38. The molecule has 0 unspecified atom stereocenters. The van der Waals surface area contributed by atoms with Gasteiger partial charge < -0.3 is 16.2 Å². The van der Waals surface area contributed by atoms with Crippen LogP contribution in [0.2, 0.25) is 0 Å². The van der Waals surface area contributed by atoms with Crippen LogP contribution in [0.15, 0.2) is 0 Å². The van der Waals surface area contributed by atoms with Crippen molar-refractivity contribution < 1.29 is 14.7 Å². The van der Waals surface area contributed by atoms with Crippen molar-refractivity contribution in [2.75, 3.05) is 13.1 Å². The van der Waals surface area contributed by atoms with E-state index in [1.807, 2.05) is 0 Å². The van der Waals surface area contributed by atoms with Crippen molar-refractivity contribution in [2.45, 2.75) is 38.5 Å². The minimum absolute atomic E-state index is 0.126. The van der Waals surface area contributed by atoms with E-state index in [9.17, 15) is 9.59 Å². The van der Waals surface area contributed by atoms with Gasteiger partial charge in [-0.25, -0.2) is 0 Å². The van der Waals surface area contributed by atoms with Gasteiger partial charge in [-0.1, -0.05) is 19.3 Å². The highest BCUT2D eigenvalue weighted by atomic mass is 16.4. The van der Waals surface area contributed by atoms with Gasteiger partial charge in [0.05, 0.1) is 13.0 Å². The molecule has 0 aliphatic heterocycles. The van der Waals surface area contributed by atoms with E-state index >= 15 is 0 Å².